The average Bonchev–Trinajstić information content (AvgIpc) is 3.17. The van der Waals surface area contributed by atoms with Crippen LogP contribution < -0.4 is 5.32 Å². The number of nitrogens with one attached hydrogen (secondary N) is 1. The molecule has 1 aromatic heterocycles. The minimum absolute atomic E-state index is 0.188. The van der Waals surface area contributed by atoms with Crippen LogP contribution >= 0.6 is 0 Å². The maximum absolute atomic E-state index is 13.2. The summed E-state index contributed by atoms with van der Waals surface area (Å²) in [6.45, 7) is 0. The highest BCUT2D eigenvalue weighted by Gasteiger charge is 2.26. The third-order valence-corrected chi connectivity index (χ3v) is 2.84. The second-order valence-corrected chi connectivity index (χ2v) is 4.20. The summed E-state index contributed by atoms with van der Waals surface area (Å²) in [6, 6.07) is 6.57. The van der Waals surface area contributed by atoms with Crippen molar-refractivity contribution in [3.8, 4) is 0 Å². The van der Waals surface area contributed by atoms with Gasteiger partial charge < -0.3 is 5.32 Å². The van der Waals surface area contributed by atoms with Crippen molar-refractivity contribution in [3.63, 3.8) is 0 Å². The van der Waals surface area contributed by atoms with E-state index in [9.17, 15) is 4.39 Å². The van der Waals surface area contributed by atoms with Gasteiger partial charge in [0.1, 0.15) is 5.82 Å². The lowest BCUT2D eigenvalue weighted by Crippen LogP contribution is -1.99. The summed E-state index contributed by atoms with van der Waals surface area (Å²) in [5.41, 5.74) is 1.93. The summed E-state index contributed by atoms with van der Waals surface area (Å²) in [5, 5.41) is 3.13. The fourth-order valence-corrected chi connectivity index (χ4v) is 1.86. The molecule has 86 valence electrons. The third kappa shape index (κ3) is 2.25. The van der Waals surface area contributed by atoms with E-state index in [1.807, 2.05) is 0 Å². The first-order valence-electron chi connectivity index (χ1n) is 5.66. The van der Waals surface area contributed by atoms with Gasteiger partial charge in [0.2, 0.25) is 5.95 Å². The quantitative estimate of drug-likeness (QED) is 0.878. The lowest BCUT2D eigenvalue weighted by molar-refractivity contribution is 0.626. The Bertz CT molecular complexity index is 523. The van der Waals surface area contributed by atoms with Gasteiger partial charge in [-0.3, -0.25) is 0 Å². The maximum Gasteiger partial charge on any atom is 0.227 e. The molecule has 0 aliphatic heterocycles. The van der Waals surface area contributed by atoms with Crippen molar-refractivity contribution < 1.29 is 4.39 Å². The molecule has 0 amide bonds. The van der Waals surface area contributed by atoms with Crippen molar-refractivity contribution in [3.05, 3.63) is 48.0 Å². The van der Waals surface area contributed by atoms with Crippen LogP contribution in [0.15, 0.2) is 36.7 Å². The van der Waals surface area contributed by atoms with E-state index in [0.29, 0.717) is 11.9 Å². The molecular formula is C13H12FN3. The highest BCUT2D eigenvalue weighted by Crippen LogP contribution is 2.44. The van der Waals surface area contributed by atoms with Gasteiger partial charge in [-0.25, -0.2) is 14.4 Å². The zero-order valence-electron chi connectivity index (χ0n) is 9.23. The Morgan fingerprint density at radius 1 is 1.18 bits per heavy atom. The third-order valence-electron chi connectivity index (χ3n) is 2.84. The molecule has 1 aliphatic rings. The largest absolute Gasteiger partial charge is 0.324 e. The molecule has 0 saturated heterocycles. The smallest absolute Gasteiger partial charge is 0.227 e. The number of anilines is 2. The van der Waals surface area contributed by atoms with Crippen LogP contribution in [-0.2, 0) is 0 Å². The molecule has 0 unspecified atom stereocenters. The SMILES string of the molecule is Fc1ccc(Nc2ncccn2)c(C2CC2)c1. The number of hydrogen-bond acceptors (Lipinski definition) is 3. The van der Waals surface area contributed by atoms with Crippen molar-refractivity contribution in [2.45, 2.75) is 18.8 Å². The van der Waals surface area contributed by atoms with Crippen molar-refractivity contribution >= 4 is 11.6 Å². The number of rotatable bonds is 3. The Labute approximate surface area is 98.7 Å². The highest BCUT2D eigenvalue weighted by molar-refractivity contribution is 5.60. The van der Waals surface area contributed by atoms with E-state index in [-0.39, 0.29) is 5.82 Å². The molecule has 0 spiro atoms. The number of nitrogens with zero attached hydrogens (tertiary/aromatic N) is 2. The van der Waals surface area contributed by atoms with Crippen LogP contribution in [0.4, 0.5) is 16.0 Å². The molecule has 1 saturated carbocycles. The van der Waals surface area contributed by atoms with E-state index in [1.54, 1.807) is 30.6 Å². The Kier molecular flexibility index (Phi) is 2.48. The Morgan fingerprint density at radius 2 is 1.94 bits per heavy atom. The molecule has 17 heavy (non-hydrogen) atoms. The van der Waals surface area contributed by atoms with Crippen LogP contribution in [0.3, 0.4) is 0 Å². The van der Waals surface area contributed by atoms with Crippen LogP contribution in [0, 0.1) is 5.82 Å². The predicted octanol–water partition coefficient (Wildman–Crippen LogP) is 3.24. The summed E-state index contributed by atoms with van der Waals surface area (Å²) >= 11 is 0. The van der Waals surface area contributed by atoms with Crippen molar-refractivity contribution in [1.82, 2.24) is 9.97 Å². The molecule has 2 aromatic rings. The van der Waals surface area contributed by atoms with Crippen molar-refractivity contribution in [2.75, 3.05) is 5.32 Å². The predicted molar refractivity (Wildman–Crippen MR) is 63.7 cm³/mol. The first-order chi connectivity index (χ1) is 8.33. The summed E-state index contributed by atoms with van der Waals surface area (Å²) < 4.78 is 13.2. The van der Waals surface area contributed by atoms with Crippen molar-refractivity contribution in [2.24, 2.45) is 0 Å². The molecule has 0 bridgehead atoms. The molecule has 1 heterocycles. The van der Waals surface area contributed by atoms with E-state index in [4.69, 9.17) is 0 Å². The topological polar surface area (TPSA) is 37.8 Å². The molecule has 1 aliphatic carbocycles. The van der Waals surface area contributed by atoms with Crippen molar-refractivity contribution in [1.29, 1.82) is 0 Å². The van der Waals surface area contributed by atoms with Gasteiger partial charge in [-0.1, -0.05) is 0 Å². The van der Waals surface area contributed by atoms with E-state index in [0.717, 1.165) is 24.1 Å². The summed E-state index contributed by atoms with van der Waals surface area (Å²) in [5.74, 6) is 0.837. The number of benzene rings is 1. The fourth-order valence-electron chi connectivity index (χ4n) is 1.86. The van der Waals surface area contributed by atoms with E-state index < -0.39 is 0 Å². The van der Waals surface area contributed by atoms with Gasteiger partial charge in [0.15, 0.2) is 0 Å². The molecule has 1 N–H and O–H groups in total. The lowest BCUT2D eigenvalue weighted by Gasteiger charge is -2.10. The van der Waals surface area contributed by atoms with Gasteiger partial charge in [0.05, 0.1) is 0 Å². The summed E-state index contributed by atoms with van der Waals surface area (Å²) in [7, 11) is 0. The molecule has 3 nitrogen and oxygen atoms in total. The Hall–Kier alpha value is -1.97. The maximum atomic E-state index is 13.2. The summed E-state index contributed by atoms with van der Waals surface area (Å²) in [4.78, 5) is 8.20. The zero-order chi connectivity index (χ0) is 11.7. The molecule has 1 aromatic carbocycles. The second kappa shape index (κ2) is 4.13. The van der Waals surface area contributed by atoms with Gasteiger partial charge in [-0.15, -0.1) is 0 Å². The second-order valence-electron chi connectivity index (χ2n) is 4.20. The normalized spacial score (nSPS) is 14.6. The standard InChI is InChI=1S/C13H12FN3/c14-10-4-5-12(11(8-10)9-2-3-9)17-13-15-6-1-7-16-13/h1,4-9H,2-3H2,(H,15,16,17). The van der Waals surface area contributed by atoms with Crippen LogP contribution in [-0.4, -0.2) is 9.97 Å². The number of hydrogen-bond donors (Lipinski definition) is 1. The molecule has 1 fully saturated rings. The van der Waals surface area contributed by atoms with Crippen LogP contribution in [0.2, 0.25) is 0 Å². The minimum atomic E-state index is -0.188. The molecular weight excluding hydrogens is 217 g/mol. The zero-order valence-corrected chi connectivity index (χ0v) is 9.23. The fraction of sp³-hybridized carbons (Fsp3) is 0.231. The Morgan fingerprint density at radius 3 is 2.65 bits per heavy atom. The van der Waals surface area contributed by atoms with Gasteiger partial charge >= 0.3 is 0 Å². The summed E-state index contributed by atoms with van der Waals surface area (Å²) in [6.07, 6.45) is 5.62. The first-order valence-corrected chi connectivity index (χ1v) is 5.66. The number of halogens is 1. The van der Waals surface area contributed by atoms with E-state index in [2.05, 4.69) is 15.3 Å². The minimum Gasteiger partial charge on any atom is -0.324 e. The lowest BCUT2D eigenvalue weighted by atomic mass is 10.1. The monoisotopic (exact) mass is 229 g/mol. The van der Waals surface area contributed by atoms with Crippen LogP contribution in [0.5, 0.6) is 0 Å². The molecule has 3 rings (SSSR count). The van der Waals surface area contributed by atoms with Crippen LogP contribution in [0.25, 0.3) is 0 Å². The van der Waals surface area contributed by atoms with Gasteiger partial charge in [0.25, 0.3) is 0 Å². The first kappa shape index (κ1) is 10.2. The van der Waals surface area contributed by atoms with Gasteiger partial charge in [0, 0.05) is 18.1 Å². The van der Waals surface area contributed by atoms with E-state index >= 15 is 0 Å². The molecule has 4 heteroatoms. The van der Waals surface area contributed by atoms with Gasteiger partial charge in [-0.2, -0.15) is 0 Å². The van der Waals surface area contributed by atoms with E-state index in [1.165, 1.54) is 6.07 Å². The molecule has 0 atom stereocenters. The van der Waals surface area contributed by atoms with Gasteiger partial charge in [-0.05, 0) is 48.6 Å². The number of aromatic nitrogens is 2. The average molecular weight is 229 g/mol. The van der Waals surface area contributed by atoms with Crippen LogP contribution in [0.1, 0.15) is 24.3 Å². The highest BCUT2D eigenvalue weighted by atomic mass is 19.1. The Balaban J connectivity index is 1.92. The molecule has 0 radical (unpaired) electrons.